The lowest BCUT2D eigenvalue weighted by Gasteiger charge is -2.10. The van der Waals surface area contributed by atoms with E-state index in [1.165, 1.54) is 0 Å². The molecule has 7 heteroatoms. The van der Waals surface area contributed by atoms with Gasteiger partial charge in [0.15, 0.2) is 0 Å². The standard InChI is InChI=1S/C27H18Cl2N3O2/c28-18-8-10-19(22(29)13-18)16-7-9-20-24(12-16)32(14-15-3-1-4-17(11-15)26(30)33)23-6-2-5-21(25(20)23)27(31)34/h1-8,10-13H,14H2,(H2,30,33)(H2,31,34). The van der Waals surface area contributed by atoms with E-state index in [9.17, 15) is 9.59 Å². The third-order valence-electron chi connectivity index (χ3n) is 5.85. The maximum Gasteiger partial charge on any atom is 0.249 e. The summed E-state index contributed by atoms with van der Waals surface area (Å²) in [4.78, 5) is 23.9. The molecule has 0 saturated heterocycles. The summed E-state index contributed by atoms with van der Waals surface area (Å²) in [7, 11) is 0. The number of hydrogen-bond donors (Lipinski definition) is 2. The summed E-state index contributed by atoms with van der Waals surface area (Å²) < 4.78 is 2.07. The molecule has 0 fully saturated rings. The van der Waals surface area contributed by atoms with Crippen LogP contribution >= 0.6 is 23.2 Å². The van der Waals surface area contributed by atoms with Crippen LogP contribution in [0.5, 0.6) is 0 Å². The Morgan fingerprint density at radius 2 is 1.68 bits per heavy atom. The molecule has 0 spiro atoms. The van der Waals surface area contributed by atoms with Gasteiger partial charge < -0.3 is 16.0 Å². The fourth-order valence-electron chi connectivity index (χ4n) is 4.32. The van der Waals surface area contributed by atoms with Crippen LogP contribution in [0, 0.1) is 6.07 Å². The van der Waals surface area contributed by atoms with E-state index in [0.717, 1.165) is 38.5 Å². The van der Waals surface area contributed by atoms with E-state index in [0.29, 0.717) is 27.7 Å². The highest BCUT2D eigenvalue weighted by molar-refractivity contribution is 6.36. The molecular formula is C27H18Cl2N3O2. The van der Waals surface area contributed by atoms with Crippen LogP contribution in [0.25, 0.3) is 32.9 Å². The van der Waals surface area contributed by atoms with E-state index in [-0.39, 0.29) is 0 Å². The quantitative estimate of drug-likeness (QED) is 0.327. The lowest BCUT2D eigenvalue weighted by atomic mass is 10.0. The summed E-state index contributed by atoms with van der Waals surface area (Å²) in [6.07, 6.45) is 0. The van der Waals surface area contributed by atoms with Crippen molar-refractivity contribution in [2.75, 3.05) is 0 Å². The molecule has 2 amide bonds. The van der Waals surface area contributed by atoms with Crippen LogP contribution in [0.15, 0.2) is 72.8 Å². The average Bonchev–Trinajstić information content (AvgIpc) is 3.12. The zero-order valence-electron chi connectivity index (χ0n) is 17.8. The smallest absolute Gasteiger partial charge is 0.249 e. The Bertz CT molecular complexity index is 1620. The van der Waals surface area contributed by atoms with Crippen molar-refractivity contribution in [1.82, 2.24) is 4.57 Å². The molecule has 167 valence electrons. The van der Waals surface area contributed by atoms with E-state index in [4.69, 9.17) is 34.7 Å². The van der Waals surface area contributed by atoms with Crippen LogP contribution in [-0.4, -0.2) is 16.4 Å². The van der Waals surface area contributed by atoms with Crippen LogP contribution in [0.2, 0.25) is 10.0 Å². The fraction of sp³-hybridized carbons (Fsp3) is 0.0370. The summed E-state index contributed by atoms with van der Waals surface area (Å²) in [5.41, 5.74) is 16.2. The number of amides is 2. The first-order valence-electron chi connectivity index (χ1n) is 10.4. The van der Waals surface area contributed by atoms with Gasteiger partial charge in [0.05, 0.1) is 11.0 Å². The normalized spacial score (nSPS) is 11.2. The maximum atomic E-state index is 12.2. The molecule has 0 bridgehead atoms. The number of halogens is 2. The number of nitrogens with zero attached hydrogens (tertiary/aromatic N) is 1. The Morgan fingerprint density at radius 3 is 2.41 bits per heavy atom. The minimum Gasteiger partial charge on any atom is -0.366 e. The molecule has 0 aliphatic rings. The second kappa shape index (κ2) is 8.52. The first-order chi connectivity index (χ1) is 16.3. The minimum absolute atomic E-state index is 0.417. The van der Waals surface area contributed by atoms with Crippen molar-refractivity contribution in [3.63, 3.8) is 0 Å². The van der Waals surface area contributed by atoms with E-state index in [1.807, 2.05) is 30.3 Å². The average molecular weight is 487 g/mol. The Hall–Kier alpha value is -3.80. The van der Waals surface area contributed by atoms with Gasteiger partial charge in [0.1, 0.15) is 0 Å². The molecule has 5 rings (SSSR count). The third-order valence-corrected chi connectivity index (χ3v) is 6.40. The van der Waals surface area contributed by atoms with Gasteiger partial charge in [-0.05, 0) is 65.7 Å². The highest BCUT2D eigenvalue weighted by Crippen LogP contribution is 2.37. The van der Waals surface area contributed by atoms with Crippen LogP contribution in [0.4, 0.5) is 0 Å². The number of carbonyl (C=O) groups is 2. The van der Waals surface area contributed by atoms with Gasteiger partial charge in [0.25, 0.3) is 0 Å². The first-order valence-corrected chi connectivity index (χ1v) is 11.2. The van der Waals surface area contributed by atoms with Crippen molar-refractivity contribution in [3.8, 4) is 11.1 Å². The predicted molar refractivity (Wildman–Crippen MR) is 136 cm³/mol. The number of rotatable bonds is 5. The first kappa shape index (κ1) is 22.0. The fourth-order valence-corrected chi connectivity index (χ4v) is 4.83. The Labute approximate surface area is 205 Å². The monoisotopic (exact) mass is 486 g/mol. The molecule has 1 radical (unpaired) electrons. The summed E-state index contributed by atoms with van der Waals surface area (Å²) in [5, 5.41) is 2.57. The summed E-state index contributed by atoms with van der Waals surface area (Å²) >= 11 is 12.5. The second-order valence-corrected chi connectivity index (χ2v) is 8.83. The maximum absolute atomic E-state index is 12.2. The van der Waals surface area contributed by atoms with Crippen LogP contribution in [0.3, 0.4) is 0 Å². The Kier molecular flexibility index (Phi) is 5.52. The molecule has 34 heavy (non-hydrogen) atoms. The molecule has 0 aliphatic heterocycles. The second-order valence-electron chi connectivity index (χ2n) is 7.99. The van der Waals surface area contributed by atoms with Gasteiger partial charge in [0, 0.05) is 44.1 Å². The van der Waals surface area contributed by atoms with Gasteiger partial charge in [0.2, 0.25) is 11.8 Å². The van der Waals surface area contributed by atoms with Crippen molar-refractivity contribution in [3.05, 3.63) is 106 Å². The molecular weight excluding hydrogens is 469 g/mol. The lowest BCUT2D eigenvalue weighted by molar-refractivity contribution is 0.0992. The SMILES string of the molecule is NC(=O)c1cccc(Cn2c3cc(-c4ccc(Cl)cc4Cl)c[c]c3c3c(C(N)=O)cccc32)c1. The highest BCUT2D eigenvalue weighted by atomic mass is 35.5. The lowest BCUT2D eigenvalue weighted by Crippen LogP contribution is -2.12. The van der Waals surface area contributed by atoms with Crippen molar-refractivity contribution >= 4 is 56.8 Å². The van der Waals surface area contributed by atoms with Crippen LogP contribution in [-0.2, 0) is 6.54 Å². The van der Waals surface area contributed by atoms with Crippen LogP contribution in [0.1, 0.15) is 26.3 Å². The highest BCUT2D eigenvalue weighted by Gasteiger charge is 2.18. The predicted octanol–water partition coefficient (Wildman–Crippen LogP) is 5.81. The third kappa shape index (κ3) is 3.79. The van der Waals surface area contributed by atoms with E-state index in [2.05, 4.69) is 10.6 Å². The van der Waals surface area contributed by atoms with Crippen molar-refractivity contribution in [2.45, 2.75) is 6.54 Å². The van der Waals surface area contributed by atoms with Gasteiger partial charge >= 0.3 is 0 Å². The van der Waals surface area contributed by atoms with Gasteiger partial charge in [-0.2, -0.15) is 0 Å². The number of nitrogens with two attached hydrogens (primary N) is 2. The zero-order chi connectivity index (χ0) is 24.0. The topological polar surface area (TPSA) is 91.1 Å². The Morgan fingerprint density at radius 1 is 0.882 bits per heavy atom. The molecule has 0 atom stereocenters. The molecule has 0 aliphatic carbocycles. The molecule has 4 aromatic carbocycles. The summed E-state index contributed by atoms with van der Waals surface area (Å²) in [6, 6.07) is 25.1. The number of aromatic nitrogens is 1. The largest absolute Gasteiger partial charge is 0.366 e. The molecule has 5 aromatic rings. The summed E-state index contributed by atoms with van der Waals surface area (Å²) in [5.74, 6) is -1.01. The van der Waals surface area contributed by atoms with Crippen molar-refractivity contribution in [1.29, 1.82) is 0 Å². The van der Waals surface area contributed by atoms with Crippen LogP contribution < -0.4 is 11.5 Å². The molecule has 1 aromatic heterocycles. The van der Waals surface area contributed by atoms with Crippen molar-refractivity contribution in [2.24, 2.45) is 11.5 Å². The summed E-state index contributed by atoms with van der Waals surface area (Å²) in [6.45, 7) is 0.439. The number of fused-ring (bicyclic) bond motifs is 3. The number of carbonyl (C=O) groups excluding carboxylic acids is 2. The number of benzene rings is 4. The van der Waals surface area contributed by atoms with Gasteiger partial charge in [-0.15, -0.1) is 0 Å². The molecule has 1 heterocycles. The van der Waals surface area contributed by atoms with Gasteiger partial charge in [-0.3, -0.25) is 9.59 Å². The minimum atomic E-state index is -0.515. The molecule has 0 saturated carbocycles. The van der Waals surface area contributed by atoms with E-state index in [1.54, 1.807) is 42.5 Å². The van der Waals surface area contributed by atoms with E-state index < -0.39 is 11.8 Å². The van der Waals surface area contributed by atoms with Gasteiger partial charge in [-0.1, -0.05) is 47.5 Å². The van der Waals surface area contributed by atoms with Gasteiger partial charge in [-0.25, -0.2) is 0 Å². The number of primary amides is 2. The Balaban J connectivity index is 1.79. The molecule has 0 unspecified atom stereocenters. The van der Waals surface area contributed by atoms with Crippen molar-refractivity contribution < 1.29 is 9.59 Å². The van der Waals surface area contributed by atoms with E-state index >= 15 is 0 Å². The number of hydrogen-bond acceptors (Lipinski definition) is 2. The molecule has 5 nitrogen and oxygen atoms in total. The zero-order valence-corrected chi connectivity index (χ0v) is 19.3. The molecule has 4 N–H and O–H groups in total.